The zero-order valence-corrected chi connectivity index (χ0v) is 15.9. The highest BCUT2D eigenvalue weighted by Gasteiger charge is 2.22. The summed E-state index contributed by atoms with van der Waals surface area (Å²) >= 11 is 0. The predicted molar refractivity (Wildman–Crippen MR) is 110 cm³/mol. The number of hydrogen-bond donors (Lipinski definition) is 1. The minimum atomic E-state index is -0.549. The lowest BCUT2D eigenvalue weighted by Crippen LogP contribution is -2.26. The molecule has 0 radical (unpaired) electrons. The Morgan fingerprint density at radius 2 is 1.50 bits per heavy atom. The number of anilines is 2. The van der Waals surface area contributed by atoms with Crippen LogP contribution in [0, 0.1) is 29.6 Å². The highest BCUT2D eigenvalue weighted by atomic mass is 16.1. The van der Waals surface area contributed by atoms with Crippen molar-refractivity contribution in [2.24, 2.45) is 0 Å². The van der Waals surface area contributed by atoms with Crippen LogP contribution in [0.25, 0.3) is 16.8 Å². The van der Waals surface area contributed by atoms with Crippen molar-refractivity contribution in [3.05, 3.63) is 75.6 Å². The molecule has 0 spiro atoms. The average molecular weight is 369 g/mol. The summed E-state index contributed by atoms with van der Waals surface area (Å²) in [5.41, 5.74) is 9.05. The first kappa shape index (κ1) is 18.8. The Balaban J connectivity index is 2.33. The third-order valence-corrected chi connectivity index (χ3v) is 4.60. The molecule has 0 saturated carbocycles. The largest absolute Gasteiger partial charge is 0.384 e. The fraction of sp³-hybridized carbons (Fsp3) is 0.136. The van der Waals surface area contributed by atoms with Gasteiger partial charge in [0.2, 0.25) is 0 Å². The Bertz CT molecular complexity index is 1170. The third kappa shape index (κ3) is 3.08. The van der Waals surface area contributed by atoms with E-state index in [1.807, 2.05) is 56.3 Å². The van der Waals surface area contributed by atoms with E-state index in [1.54, 1.807) is 24.3 Å². The van der Waals surface area contributed by atoms with Gasteiger partial charge in [-0.05, 0) is 36.8 Å². The summed E-state index contributed by atoms with van der Waals surface area (Å²) in [6, 6.07) is 18.5. The van der Waals surface area contributed by atoms with Crippen LogP contribution in [0.5, 0.6) is 0 Å². The van der Waals surface area contributed by atoms with Gasteiger partial charge in [-0.1, -0.05) is 29.8 Å². The number of nitriles is 2. The van der Waals surface area contributed by atoms with Crippen LogP contribution >= 0.6 is 0 Å². The standard InChI is InChI=1S/C22H19N5O/c1-14-4-6-15(7-5-14)20-18(12-23)21(25)27(22(28)19(20)13-24)17-10-8-16(9-11-17)26(2)3/h4-11H,25H2,1-3H3. The van der Waals surface area contributed by atoms with Gasteiger partial charge in [-0.25, -0.2) is 0 Å². The molecule has 0 aliphatic heterocycles. The van der Waals surface area contributed by atoms with Crippen molar-refractivity contribution in [3.63, 3.8) is 0 Å². The lowest BCUT2D eigenvalue weighted by atomic mass is 9.95. The summed E-state index contributed by atoms with van der Waals surface area (Å²) in [5.74, 6) is 0.0136. The van der Waals surface area contributed by atoms with Crippen LogP contribution in [0.3, 0.4) is 0 Å². The quantitative estimate of drug-likeness (QED) is 0.764. The van der Waals surface area contributed by atoms with Gasteiger partial charge in [-0.15, -0.1) is 0 Å². The van der Waals surface area contributed by atoms with E-state index in [-0.39, 0.29) is 22.5 Å². The molecule has 138 valence electrons. The zero-order valence-electron chi connectivity index (χ0n) is 15.9. The smallest absolute Gasteiger partial charge is 0.275 e. The first-order chi connectivity index (χ1) is 13.4. The Hall–Kier alpha value is -4.03. The summed E-state index contributed by atoms with van der Waals surface area (Å²) < 4.78 is 1.22. The lowest BCUT2D eigenvalue weighted by Gasteiger charge is -2.17. The van der Waals surface area contributed by atoms with Gasteiger partial charge >= 0.3 is 0 Å². The van der Waals surface area contributed by atoms with Crippen LogP contribution in [-0.2, 0) is 0 Å². The molecule has 3 aromatic rings. The fourth-order valence-electron chi connectivity index (χ4n) is 3.07. The maximum atomic E-state index is 13.1. The molecule has 2 N–H and O–H groups in total. The van der Waals surface area contributed by atoms with Crippen molar-refractivity contribution in [1.82, 2.24) is 4.57 Å². The first-order valence-electron chi connectivity index (χ1n) is 8.62. The number of nitrogens with two attached hydrogens (primary N) is 1. The Morgan fingerprint density at radius 3 is 2.00 bits per heavy atom. The van der Waals surface area contributed by atoms with Crippen LogP contribution < -0.4 is 16.2 Å². The molecule has 2 aromatic carbocycles. The van der Waals surface area contributed by atoms with Crippen LogP contribution in [0.4, 0.5) is 11.5 Å². The van der Waals surface area contributed by atoms with Crippen molar-refractivity contribution in [1.29, 1.82) is 10.5 Å². The molecule has 0 amide bonds. The molecule has 1 aromatic heterocycles. The van der Waals surface area contributed by atoms with Crippen molar-refractivity contribution < 1.29 is 0 Å². The zero-order chi connectivity index (χ0) is 20.4. The molecule has 6 nitrogen and oxygen atoms in total. The van der Waals surface area contributed by atoms with Crippen molar-refractivity contribution in [3.8, 4) is 29.0 Å². The van der Waals surface area contributed by atoms with Crippen LogP contribution in [0.2, 0.25) is 0 Å². The van der Waals surface area contributed by atoms with Crippen LogP contribution in [0.1, 0.15) is 16.7 Å². The molecular weight excluding hydrogens is 350 g/mol. The summed E-state index contributed by atoms with van der Waals surface area (Å²) in [4.78, 5) is 15.0. The highest BCUT2D eigenvalue weighted by molar-refractivity contribution is 5.81. The number of pyridine rings is 1. The van der Waals surface area contributed by atoms with Gasteiger partial charge in [0.15, 0.2) is 0 Å². The van der Waals surface area contributed by atoms with Gasteiger partial charge < -0.3 is 10.6 Å². The van der Waals surface area contributed by atoms with Crippen molar-refractivity contribution in [2.45, 2.75) is 6.92 Å². The lowest BCUT2D eigenvalue weighted by molar-refractivity contribution is 0.991. The van der Waals surface area contributed by atoms with Crippen molar-refractivity contribution >= 4 is 11.5 Å². The molecule has 0 saturated heterocycles. The van der Waals surface area contributed by atoms with Gasteiger partial charge in [0, 0.05) is 25.3 Å². The van der Waals surface area contributed by atoms with E-state index in [0.29, 0.717) is 11.3 Å². The average Bonchev–Trinajstić information content (AvgIpc) is 2.69. The molecule has 3 rings (SSSR count). The normalized spacial score (nSPS) is 10.2. The van der Waals surface area contributed by atoms with Crippen molar-refractivity contribution in [2.75, 3.05) is 24.7 Å². The maximum Gasteiger partial charge on any atom is 0.275 e. The topological polar surface area (TPSA) is 98.8 Å². The Kier molecular flexibility index (Phi) is 4.89. The van der Waals surface area contributed by atoms with Gasteiger partial charge in [0.05, 0.1) is 5.69 Å². The van der Waals surface area contributed by atoms with Gasteiger partial charge in [-0.2, -0.15) is 10.5 Å². The third-order valence-electron chi connectivity index (χ3n) is 4.60. The molecule has 28 heavy (non-hydrogen) atoms. The van der Waals surface area contributed by atoms with Crippen LogP contribution in [0.15, 0.2) is 53.3 Å². The van der Waals surface area contributed by atoms with Gasteiger partial charge in [0.25, 0.3) is 5.56 Å². The molecule has 0 aliphatic carbocycles. The second kappa shape index (κ2) is 7.30. The number of benzene rings is 2. The SMILES string of the molecule is Cc1ccc(-c2c(C#N)c(N)n(-c3ccc(N(C)C)cc3)c(=O)c2C#N)cc1. The highest BCUT2D eigenvalue weighted by Crippen LogP contribution is 2.30. The number of aryl methyl sites for hydroxylation is 1. The summed E-state index contributed by atoms with van der Waals surface area (Å²) in [6.07, 6.45) is 0. The summed E-state index contributed by atoms with van der Waals surface area (Å²) in [5, 5.41) is 19.4. The van der Waals surface area contributed by atoms with E-state index < -0.39 is 5.56 Å². The van der Waals surface area contributed by atoms with E-state index in [2.05, 4.69) is 6.07 Å². The minimum Gasteiger partial charge on any atom is -0.384 e. The van der Waals surface area contributed by atoms with Crippen LogP contribution in [-0.4, -0.2) is 18.7 Å². The van der Waals surface area contributed by atoms with E-state index in [0.717, 1.165) is 11.3 Å². The summed E-state index contributed by atoms with van der Waals surface area (Å²) in [7, 11) is 3.82. The molecule has 0 aliphatic rings. The first-order valence-corrected chi connectivity index (χ1v) is 8.62. The monoisotopic (exact) mass is 369 g/mol. The van der Waals surface area contributed by atoms with E-state index >= 15 is 0 Å². The molecule has 6 heteroatoms. The number of rotatable bonds is 3. The Labute approximate surface area is 163 Å². The van der Waals surface area contributed by atoms with E-state index in [4.69, 9.17) is 5.73 Å². The number of nitrogen functional groups attached to an aromatic ring is 1. The van der Waals surface area contributed by atoms with E-state index in [9.17, 15) is 15.3 Å². The molecule has 0 fully saturated rings. The van der Waals surface area contributed by atoms with Gasteiger partial charge in [-0.3, -0.25) is 9.36 Å². The second-order valence-corrected chi connectivity index (χ2v) is 6.65. The van der Waals surface area contributed by atoms with Gasteiger partial charge in [0.1, 0.15) is 29.1 Å². The molecular formula is C22H19N5O. The second-order valence-electron chi connectivity index (χ2n) is 6.65. The number of nitrogens with zero attached hydrogens (tertiary/aromatic N) is 4. The predicted octanol–water partition coefficient (Wildman–Crippen LogP) is 3.20. The molecule has 0 atom stereocenters. The molecule has 0 unspecified atom stereocenters. The summed E-state index contributed by atoms with van der Waals surface area (Å²) in [6.45, 7) is 1.93. The van der Waals surface area contributed by atoms with E-state index in [1.165, 1.54) is 4.57 Å². The Morgan fingerprint density at radius 1 is 0.929 bits per heavy atom. The maximum absolute atomic E-state index is 13.1. The molecule has 0 bridgehead atoms. The minimum absolute atomic E-state index is 0.0136. The fourth-order valence-corrected chi connectivity index (χ4v) is 3.07. The number of hydrogen-bond acceptors (Lipinski definition) is 5. The molecule has 1 heterocycles. The number of aromatic nitrogens is 1.